The zero-order valence-electron chi connectivity index (χ0n) is 15.4. The van der Waals surface area contributed by atoms with Gasteiger partial charge >= 0.3 is 0 Å². The number of carbonyl (C=O) groups excluding carboxylic acids is 1. The van der Waals surface area contributed by atoms with Gasteiger partial charge in [0.1, 0.15) is 17.3 Å². The number of pyridine rings is 1. The molecule has 6 heteroatoms. The number of amides is 1. The second kappa shape index (κ2) is 8.23. The molecule has 138 valence electrons. The summed E-state index contributed by atoms with van der Waals surface area (Å²) in [7, 11) is 3.19. The first-order chi connectivity index (χ1) is 13.1. The number of hydrogen-bond donors (Lipinski definition) is 2. The summed E-state index contributed by atoms with van der Waals surface area (Å²) in [6.45, 7) is 1.95. The van der Waals surface area contributed by atoms with Crippen molar-refractivity contribution in [3.05, 3.63) is 71.9 Å². The van der Waals surface area contributed by atoms with Crippen molar-refractivity contribution in [2.75, 3.05) is 24.9 Å². The monoisotopic (exact) mass is 363 g/mol. The Labute approximate surface area is 158 Å². The van der Waals surface area contributed by atoms with Gasteiger partial charge in [-0.15, -0.1) is 0 Å². The van der Waals surface area contributed by atoms with Gasteiger partial charge in [0, 0.05) is 18.0 Å². The fourth-order valence-electron chi connectivity index (χ4n) is 2.55. The minimum atomic E-state index is -0.203. The third-order valence-electron chi connectivity index (χ3n) is 4.09. The lowest BCUT2D eigenvalue weighted by Crippen LogP contribution is -2.13. The number of rotatable bonds is 6. The quantitative estimate of drug-likeness (QED) is 0.679. The molecule has 1 aromatic heterocycles. The van der Waals surface area contributed by atoms with Gasteiger partial charge in [0.25, 0.3) is 5.91 Å². The van der Waals surface area contributed by atoms with Gasteiger partial charge in [-0.1, -0.05) is 18.2 Å². The van der Waals surface area contributed by atoms with E-state index in [0.717, 1.165) is 16.9 Å². The molecule has 2 N–H and O–H groups in total. The van der Waals surface area contributed by atoms with E-state index in [0.29, 0.717) is 22.9 Å². The van der Waals surface area contributed by atoms with Crippen LogP contribution in [0.4, 0.5) is 17.2 Å². The molecular weight excluding hydrogens is 342 g/mol. The molecule has 1 amide bonds. The molecule has 0 unspecified atom stereocenters. The summed E-state index contributed by atoms with van der Waals surface area (Å²) < 4.78 is 10.6. The Morgan fingerprint density at radius 3 is 2.44 bits per heavy atom. The zero-order valence-corrected chi connectivity index (χ0v) is 15.4. The Hall–Kier alpha value is -3.54. The van der Waals surface area contributed by atoms with Gasteiger partial charge in [0.05, 0.1) is 25.5 Å². The molecule has 0 fully saturated rings. The van der Waals surface area contributed by atoms with E-state index in [1.165, 1.54) is 6.20 Å². The van der Waals surface area contributed by atoms with E-state index in [1.54, 1.807) is 32.4 Å². The molecular formula is C21H21N3O3. The molecule has 2 aromatic carbocycles. The Balaban J connectivity index is 1.72. The number of nitrogens with zero attached hydrogens (tertiary/aromatic N) is 1. The van der Waals surface area contributed by atoms with E-state index in [1.807, 2.05) is 43.3 Å². The second-order valence-electron chi connectivity index (χ2n) is 5.89. The molecule has 0 bridgehead atoms. The van der Waals surface area contributed by atoms with Gasteiger partial charge in [-0.3, -0.25) is 4.79 Å². The van der Waals surface area contributed by atoms with Crippen LogP contribution in [0.25, 0.3) is 0 Å². The number of ether oxygens (including phenoxy) is 2. The number of nitrogens with one attached hydrogen (secondary N) is 2. The number of aromatic nitrogens is 1. The van der Waals surface area contributed by atoms with Gasteiger partial charge in [-0.25, -0.2) is 4.98 Å². The minimum Gasteiger partial charge on any atom is -0.497 e. The zero-order chi connectivity index (χ0) is 19.2. The maximum Gasteiger partial charge on any atom is 0.257 e. The van der Waals surface area contributed by atoms with Crippen LogP contribution >= 0.6 is 0 Å². The van der Waals surface area contributed by atoms with Crippen molar-refractivity contribution in [2.45, 2.75) is 6.92 Å². The van der Waals surface area contributed by atoms with Gasteiger partial charge in [0.2, 0.25) is 0 Å². The lowest BCUT2D eigenvalue weighted by atomic mass is 10.2. The van der Waals surface area contributed by atoms with Crippen molar-refractivity contribution in [1.82, 2.24) is 4.98 Å². The van der Waals surface area contributed by atoms with E-state index >= 15 is 0 Å². The minimum absolute atomic E-state index is 0.203. The van der Waals surface area contributed by atoms with E-state index < -0.39 is 0 Å². The Morgan fingerprint density at radius 2 is 1.78 bits per heavy atom. The number of methoxy groups -OCH3 is 2. The number of para-hydroxylation sites is 1. The molecule has 0 spiro atoms. The molecule has 0 aliphatic heterocycles. The molecule has 0 saturated carbocycles. The largest absolute Gasteiger partial charge is 0.497 e. The second-order valence-corrected chi connectivity index (χ2v) is 5.89. The highest BCUT2D eigenvalue weighted by atomic mass is 16.5. The first kappa shape index (κ1) is 18.3. The van der Waals surface area contributed by atoms with E-state index in [9.17, 15) is 4.79 Å². The lowest BCUT2D eigenvalue weighted by Gasteiger charge is -2.12. The first-order valence-electron chi connectivity index (χ1n) is 8.43. The molecule has 3 rings (SSSR count). The number of anilines is 3. The van der Waals surface area contributed by atoms with Crippen molar-refractivity contribution in [1.29, 1.82) is 0 Å². The van der Waals surface area contributed by atoms with Crippen molar-refractivity contribution in [3.63, 3.8) is 0 Å². The summed E-state index contributed by atoms with van der Waals surface area (Å²) in [5.74, 6) is 1.74. The fraction of sp³-hybridized carbons (Fsp3) is 0.143. The molecule has 27 heavy (non-hydrogen) atoms. The van der Waals surface area contributed by atoms with Crippen molar-refractivity contribution in [3.8, 4) is 11.5 Å². The van der Waals surface area contributed by atoms with Gasteiger partial charge in [0.15, 0.2) is 0 Å². The summed E-state index contributed by atoms with van der Waals surface area (Å²) in [6.07, 6.45) is 1.53. The smallest absolute Gasteiger partial charge is 0.257 e. The average molecular weight is 363 g/mol. The summed E-state index contributed by atoms with van der Waals surface area (Å²) in [5.41, 5.74) is 3.02. The average Bonchev–Trinajstić information content (AvgIpc) is 2.70. The Kier molecular flexibility index (Phi) is 5.56. The number of carbonyl (C=O) groups is 1. The molecule has 0 aliphatic rings. The van der Waals surface area contributed by atoms with Crippen LogP contribution in [0.3, 0.4) is 0 Å². The summed E-state index contributed by atoms with van der Waals surface area (Å²) in [5, 5.41) is 6.07. The SMILES string of the molecule is COc1ccc(Nc2ccc(C(=O)Nc3ccccc3C)cn2)c(OC)c1. The summed E-state index contributed by atoms with van der Waals surface area (Å²) in [6, 6.07) is 16.6. The third kappa shape index (κ3) is 4.36. The van der Waals surface area contributed by atoms with Crippen LogP contribution in [0.15, 0.2) is 60.8 Å². The van der Waals surface area contributed by atoms with E-state index in [2.05, 4.69) is 15.6 Å². The van der Waals surface area contributed by atoms with Crippen molar-refractivity contribution in [2.24, 2.45) is 0 Å². The highest BCUT2D eigenvalue weighted by Gasteiger charge is 2.10. The van der Waals surface area contributed by atoms with Crippen LogP contribution in [-0.4, -0.2) is 25.1 Å². The molecule has 6 nitrogen and oxygen atoms in total. The van der Waals surface area contributed by atoms with Crippen LogP contribution in [0, 0.1) is 6.92 Å². The highest BCUT2D eigenvalue weighted by Crippen LogP contribution is 2.31. The van der Waals surface area contributed by atoms with E-state index in [-0.39, 0.29) is 5.91 Å². The van der Waals surface area contributed by atoms with Crippen LogP contribution in [0.1, 0.15) is 15.9 Å². The first-order valence-corrected chi connectivity index (χ1v) is 8.43. The molecule has 3 aromatic rings. The summed E-state index contributed by atoms with van der Waals surface area (Å²) >= 11 is 0. The van der Waals surface area contributed by atoms with Crippen LogP contribution in [0.2, 0.25) is 0 Å². The Morgan fingerprint density at radius 1 is 0.963 bits per heavy atom. The third-order valence-corrected chi connectivity index (χ3v) is 4.09. The molecule has 0 aliphatic carbocycles. The molecule has 0 atom stereocenters. The number of hydrogen-bond acceptors (Lipinski definition) is 5. The van der Waals surface area contributed by atoms with E-state index in [4.69, 9.17) is 9.47 Å². The normalized spacial score (nSPS) is 10.2. The molecule has 0 saturated heterocycles. The lowest BCUT2D eigenvalue weighted by molar-refractivity contribution is 0.102. The Bertz CT molecular complexity index is 940. The number of benzene rings is 2. The van der Waals surface area contributed by atoms with Crippen molar-refractivity contribution >= 4 is 23.1 Å². The predicted molar refractivity (Wildman–Crippen MR) is 106 cm³/mol. The molecule has 0 radical (unpaired) electrons. The van der Waals surface area contributed by atoms with Gasteiger partial charge in [-0.2, -0.15) is 0 Å². The maximum absolute atomic E-state index is 12.4. The van der Waals surface area contributed by atoms with Crippen LogP contribution in [0.5, 0.6) is 11.5 Å². The van der Waals surface area contributed by atoms with Crippen LogP contribution < -0.4 is 20.1 Å². The topological polar surface area (TPSA) is 72.5 Å². The molecule has 1 heterocycles. The van der Waals surface area contributed by atoms with Crippen molar-refractivity contribution < 1.29 is 14.3 Å². The standard InChI is InChI=1S/C21H21N3O3/c1-14-6-4-5-7-17(14)24-21(25)15-8-11-20(22-13-15)23-18-10-9-16(26-2)12-19(18)27-3/h4-13H,1-3H3,(H,22,23)(H,24,25). The van der Waals surface area contributed by atoms with Gasteiger partial charge < -0.3 is 20.1 Å². The van der Waals surface area contributed by atoms with Crippen LogP contribution in [-0.2, 0) is 0 Å². The highest BCUT2D eigenvalue weighted by molar-refractivity contribution is 6.04. The maximum atomic E-state index is 12.4. The summed E-state index contributed by atoms with van der Waals surface area (Å²) in [4.78, 5) is 16.7. The van der Waals surface area contributed by atoms with Gasteiger partial charge in [-0.05, 0) is 42.8 Å². The fourth-order valence-corrected chi connectivity index (χ4v) is 2.55. The predicted octanol–water partition coefficient (Wildman–Crippen LogP) is 4.40. The number of aryl methyl sites for hydroxylation is 1.